The number of fused-ring (bicyclic) bond motifs is 1. The molecule has 0 aromatic rings. The Morgan fingerprint density at radius 1 is 1.30 bits per heavy atom. The maximum Gasteiger partial charge on any atom is 0.122 e. The van der Waals surface area contributed by atoms with Crippen molar-refractivity contribution in [1.29, 1.82) is 0 Å². The summed E-state index contributed by atoms with van der Waals surface area (Å²) in [5.74, 6) is 2.22. The van der Waals surface area contributed by atoms with Crippen LogP contribution in [0.4, 0.5) is 0 Å². The molecule has 2 aliphatic rings. The Morgan fingerprint density at radius 2 is 2.05 bits per heavy atom. The van der Waals surface area contributed by atoms with Gasteiger partial charge in [-0.2, -0.15) is 0 Å². The molecule has 2 rings (SSSR count). The summed E-state index contributed by atoms with van der Waals surface area (Å²) in [6, 6.07) is 1.32. The van der Waals surface area contributed by atoms with E-state index in [0.29, 0.717) is 9.36 Å². The lowest BCUT2D eigenvalue weighted by molar-refractivity contribution is 0.140. The van der Waals surface area contributed by atoms with E-state index >= 15 is 0 Å². The molecule has 0 spiro atoms. The average molecular weight is 388 g/mol. The fourth-order valence-corrected chi connectivity index (χ4v) is 5.20. The van der Waals surface area contributed by atoms with E-state index in [1.807, 2.05) is 7.05 Å². The number of piperidine rings is 1. The largest absolute Gasteiger partial charge is 0.355 e. The van der Waals surface area contributed by atoms with E-state index in [-0.39, 0.29) is 0 Å². The standard InChI is InChI=1S/C16H30BIN2/c1-12(2)20-14-7-5-4-6-10-16(17,18)11-13(14)8-9-15(20)19-3/h12-14H,4-11,17H2,1-3H3/b19-15+. The molecule has 4 heteroatoms. The van der Waals surface area contributed by atoms with Crippen molar-refractivity contribution in [2.75, 3.05) is 7.05 Å². The van der Waals surface area contributed by atoms with Gasteiger partial charge in [0.25, 0.3) is 0 Å². The van der Waals surface area contributed by atoms with Crippen molar-refractivity contribution in [3.63, 3.8) is 0 Å². The van der Waals surface area contributed by atoms with Crippen LogP contribution in [0.2, 0.25) is 0 Å². The minimum absolute atomic E-state index is 0.495. The molecule has 0 radical (unpaired) electrons. The molecule has 1 aliphatic carbocycles. The molecule has 0 aromatic heterocycles. The van der Waals surface area contributed by atoms with Crippen LogP contribution in [0.5, 0.6) is 0 Å². The SMILES string of the molecule is BC1(I)CCCCCC2C(CC/C(=N\C)N2C(C)C)C1. The third-order valence-electron chi connectivity index (χ3n) is 5.14. The second kappa shape index (κ2) is 7.02. The molecule has 0 aromatic carbocycles. The number of amidine groups is 1. The lowest BCUT2D eigenvalue weighted by Gasteiger charge is -2.47. The van der Waals surface area contributed by atoms with Crippen molar-refractivity contribution in [2.24, 2.45) is 10.9 Å². The Bertz CT molecular complexity index is 354. The summed E-state index contributed by atoms with van der Waals surface area (Å²) in [7, 11) is 4.45. The third-order valence-corrected chi connectivity index (χ3v) is 6.12. The molecule has 0 bridgehead atoms. The highest BCUT2D eigenvalue weighted by Crippen LogP contribution is 2.40. The van der Waals surface area contributed by atoms with Gasteiger partial charge in [-0.1, -0.05) is 41.9 Å². The van der Waals surface area contributed by atoms with Gasteiger partial charge in [0.2, 0.25) is 0 Å². The van der Waals surface area contributed by atoms with E-state index in [4.69, 9.17) is 0 Å². The molecular weight excluding hydrogens is 358 g/mol. The number of likely N-dealkylation sites (tertiary alicyclic amines) is 1. The summed E-state index contributed by atoms with van der Waals surface area (Å²) in [5, 5.41) is 0. The van der Waals surface area contributed by atoms with Gasteiger partial charge in [0.1, 0.15) is 7.85 Å². The number of hydrogen-bond donors (Lipinski definition) is 0. The number of nitrogens with zero attached hydrogens (tertiary/aromatic N) is 2. The third kappa shape index (κ3) is 3.92. The van der Waals surface area contributed by atoms with Crippen LogP contribution in [0, 0.1) is 5.92 Å². The highest BCUT2D eigenvalue weighted by Gasteiger charge is 2.38. The van der Waals surface area contributed by atoms with Crippen LogP contribution in [-0.4, -0.2) is 41.0 Å². The average Bonchev–Trinajstić information content (AvgIpc) is 2.44. The van der Waals surface area contributed by atoms with Crippen LogP contribution in [-0.2, 0) is 0 Å². The molecule has 3 atom stereocenters. The van der Waals surface area contributed by atoms with Crippen molar-refractivity contribution in [2.45, 2.75) is 80.6 Å². The van der Waals surface area contributed by atoms with Crippen LogP contribution in [0.25, 0.3) is 0 Å². The molecule has 2 nitrogen and oxygen atoms in total. The molecule has 1 aliphatic heterocycles. The smallest absolute Gasteiger partial charge is 0.122 e. The van der Waals surface area contributed by atoms with E-state index in [2.05, 4.69) is 54.2 Å². The topological polar surface area (TPSA) is 15.6 Å². The first kappa shape index (κ1) is 16.6. The molecule has 0 amide bonds. The normalized spacial score (nSPS) is 38.2. The molecule has 1 saturated heterocycles. The molecule has 2 fully saturated rings. The Hall–Kier alpha value is 0.265. The predicted octanol–water partition coefficient (Wildman–Crippen LogP) is 3.62. The van der Waals surface area contributed by atoms with Crippen LogP contribution in [0.3, 0.4) is 0 Å². The minimum Gasteiger partial charge on any atom is -0.355 e. The fraction of sp³-hybridized carbons (Fsp3) is 0.938. The van der Waals surface area contributed by atoms with Crippen LogP contribution < -0.4 is 0 Å². The molecule has 1 saturated carbocycles. The Labute approximate surface area is 139 Å². The molecule has 1 heterocycles. The van der Waals surface area contributed by atoms with E-state index in [1.165, 1.54) is 57.2 Å². The summed E-state index contributed by atoms with van der Waals surface area (Å²) < 4.78 is 0.495. The van der Waals surface area contributed by atoms with Gasteiger partial charge in [0.15, 0.2) is 0 Å². The van der Waals surface area contributed by atoms with Crippen molar-refractivity contribution < 1.29 is 0 Å². The van der Waals surface area contributed by atoms with Gasteiger partial charge < -0.3 is 4.90 Å². The summed E-state index contributed by atoms with van der Waals surface area (Å²) in [5.41, 5.74) is 0. The highest BCUT2D eigenvalue weighted by molar-refractivity contribution is 14.1. The maximum absolute atomic E-state index is 4.60. The van der Waals surface area contributed by atoms with Gasteiger partial charge in [-0.15, -0.1) is 0 Å². The van der Waals surface area contributed by atoms with Gasteiger partial charge in [-0.25, -0.2) is 0 Å². The summed E-state index contributed by atoms with van der Waals surface area (Å²) >= 11 is 2.73. The van der Waals surface area contributed by atoms with Crippen LogP contribution >= 0.6 is 22.6 Å². The summed E-state index contributed by atoms with van der Waals surface area (Å²) in [6.07, 6.45) is 10.9. The molecule has 0 N–H and O–H groups in total. The van der Waals surface area contributed by atoms with Crippen molar-refractivity contribution in [3.8, 4) is 0 Å². The van der Waals surface area contributed by atoms with Crippen LogP contribution in [0.15, 0.2) is 4.99 Å². The second-order valence-electron chi connectivity index (χ2n) is 7.22. The molecule has 114 valence electrons. The zero-order valence-corrected chi connectivity index (χ0v) is 15.8. The van der Waals surface area contributed by atoms with Gasteiger partial charge >= 0.3 is 0 Å². The molecular formula is C16H30BIN2. The Morgan fingerprint density at radius 3 is 2.70 bits per heavy atom. The first-order valence-electron chi connectivity index (χ1n) is 8.37. The lowest BCUT2D eigenvalue weighted by atomic mass is 9.72. The molecule has 20 heavy (non-hydrogen) atoms. The first-order valence-corrected chi connectivity index (χ1v) is 9.45. The van der Waals surface area contributed by atoms with Gasteiger partial charge in [0.05, 0.1) is 5.84 Å². The highest BCUT2D eigenvalue weighted by atomic mass is 127. The predicted molar refractivity (Wildman–Crippen MR) is 99.8 cm³/mol. The van der Waals surface area contributed by atoms with Gasteiger partial charge in [-0.3, -0.25) is 4.99 Å². The monoisotopic (exact) mass is 388 g/mol. The number of rotatable bonds is 1. The number of aliphatic imine (C=N–C) groups is 1. The summed E-state index contributed by atoms with van der Waals surface area (Å²) in [4.78, 5) is 7.25. The number of alkyl halides is 1. The van der Waals surface area contributed by atoms with E-state index < -0.39 is 0 Å². The maximum atomic E-state index is 4.60. The quantitative estimate of drug-likeness (QED) is 0.381. The summed E-state index contributed by atoms with van der Waals surface area (Å²) in [6.45, 7) is 4.67. The van der Waals surface area contributed by atoms with E-state index in [0.717, 1.165) is 12.0 Å². The van der Waals surface area contributed by atoms with Crippen LogP contribution in [0.1, 0.15) is 65.2 Å². The Kier molecular flexibility index (Phi) is 5.84. The zero-order chi connectivity index (χ0) is 14.8. The second-order valence-corrected chi connectivity index (χ2v) is 9.83. The van der Waals surface area contributed by atoms with E-state index in [9.17, 15) is 0 Å². The fourth-order valence-electron chi connectivity index (χ4n) is 4.25. The van der Waals surface area contributed by atoms with Crippen molar-refractivity contribution in [1.82, 2.24) is 4.90 Å². The lowest BCUT2D eigenvalue weighted by Crippen LogP contribution is -2.52. The van der Waals surface area contributed by atoms with Gasteiger partial charge in [0, 0.05) is 25.6 Å². The van der Waals surface area contributed by atoms with E-state index in [1.54, 1.807) is 0 Å². The first-order chi connectivity index (χ1) is 9.44. The number of hydrogen-bond acceptors (Lipinski definition) is 1. The number of halogens is 1. The van der Waals surface area contributed by atoms with Crippen molar-refractivity contribution >= 4 is 36.3 Å². The molecule has 3 unspecified atom stereocenters. The van der Waals surface area contributed by atoms with Crippen molar-refractivity contribution in [3.05, 3.63) is 0 Å². The Balaban J connectivity index is 2.24. The zero-order valence-electron chi connectivity index (χ0n) is 13.7. The minimum atomic E-state index is 0.495. The van der Waals surface area contributed by atoms with Gasteiger partial charge in [-0.05, 0) is 48.8 Å².